The van der Waals surface area contributed by atoms with Crippen LogP contribution < -0.4 is 5.73 Å². The summed E-state index contributed by atoms with van der Waals surface area (Å²) in [5, 5.41) is 0. The molecule has 2 unspecified atom stereocenters. The number of nitrogens with two attached hydrogens (primary N) is 1. The number of likely N-dealkylation sites (tertiary alicyclic amines) is 1. The molecule has 0 amide bonds. The second-order valence-electron chi connectivity index (χ2n) is 5.92. The van der Waals surface area contributed by atoms with Gasteiger partial charge in [-0.05, 0) is 37.3 Å². The molecule has 1 aliphatic heterocycles. The lowest BCUT2D eigenvalue weighted by molar-refractivity contribution is 0.202. The van der Waals surface area contributed by atoms with E-state index < -0.39 is 0 Å². The van der Waals surface area contributed by atoms with Crippen molar-refractivity contribution < 1.29 is 0 Å². The maximum absolute atomic E-state index is 5.81. The van der Waals surface area contributed by atoms with E-state index in [2.05, 4.69) is 32.6 Å². The van der Waals surface area contributed by atoms with E-state index in [4.69, 9.17) is 5.73 Å². The Morgan fingerprint density at radius 2 is 2.00 bits per heavy atom. The third-order valence-electron chi connectivity index (χ3n) is 3.39. The Kier molecular flexibility index (Phi) is 3.96. The first-order valence-corrected chi connectivity index (χ1v) is 5.88. The molecule has 1 aliphatic rings. The van der Waals surface area contributed by atoms with Crippen LogP contribution in [0.4, 0.5) is 0 Å². The highest BCUT2D eigenvalue weighted by molar-refractivity contribution is 4.85. The van der Waals surface area contributed by atoms with Crippen LogP contribution >= 0.6 is 0 Å². The molecule has 0 aromatic rings. The summed E-state index contributed by atoms with van der Waals surface area (Å²) >= 11 is 0. The summed E-state index contributed by atoms with van der Waals surface area (Å²) in [6.45, 7) is 12.5. The summed E-state index contributed by atoms with van der Waals surface area (Å²) in [5.74, 6) is 0.792. The minimum absolute atomic E-state index is 0.449. The van der Waals surface area contributed by atoms with Gasteiger partial charge >= 0.3 is 0 Å². The highest BCUT2D eigenvalue weighted by Gasteiger charge is 2.30. The second-order valence-corrected chi connectivity index (χ2v) is 5.92. The molecular formula is C12H26N2. The molecule has 2 N–H and O–H groups in total. The van der Waals surface area contributed by atoms with Crippen molar-refractivity contribution in [3.05, 3.63) is 0 Å². The molecule has 0 aliphatic carbocycles. The van der Waals surface area contributed by atoms with Crippen molar-refractivity contribution in [1.29, 1.82) is 0 Å². The van der Waals surface area contributed by atoms with Gasteiger partial charge in [0.15, 0.2) is 0 Å². The third-order valence-corrected chi connectivity index (χ3v) is 3.39. The molecule has 0 radical (unpaired) electrons. The van der Waals surface area contributed by atoms with Crippen LogP contribution in [0.5, 0.6) is 0 Å². The van der Waals surface area contributed by atoms with Crippen molar-refractivity contribution >= 4 is 0 Å². The lowest BCUT2D eigenvalue weighted by Crippen LogP contribution is -2.39. The predicted octanol–water partition coefficient (Wildman–Crippen LogP) is 2.09. The largest absolute Gasteiger partial charge is 0.329 e. The van der Waals surface area contributed by atoms with Crippen LogP contribution in [0.1, 0.15) is 40.5 Å². The van der Waals surface area contributed by atoms with E-state index in [1.54, 1.807) is 0 Å². The molecule has 2 atom stereocenters. The van der Waals surface area contributed by atoms with Gasteiger partial charge in [-0.2, -0.15) is 0 Å². The Balaban J connectivity index is 2.38. The van der Waals surface area contributed by atoms with Crippen LogP contribution in [0.15, 0.2) is 0 Å². The Morgan fingerprint density at radius 3 is 2.50 bits per heavy atom. The lowest BCUT2D eigenvalue weighted by atomic mass is 9.92. The molecule has 0 spiro atoms. The van der Waals surface area contributed by atoms with Crippen LogP contribution in [0.3, 0.4) is 0 Å². The van der Waals surface area contributed by atoms with E-state index in [-0.39, 0.29) is 0 Å². The molecule has 1 saturated heterocycles. The summed E-state index contributed by atoms with van der Waals surface area (Å²) in [6, 6.07) is 0.636. The Morgan fingerprint density at radius 1 is 1.36 bits per heavy atom. The van der Waals surface area contributed by atoms with Gasteiger partial charge in [-0.15, -0.1) is 0 Å². The first-order chi connectivity index (χ1) is 6.44. The molecule has 14 heavy (non-hydrogen) atoms. The van der Waals surface area contributed by atoms with Crippen LogP contribution in [-0.2, 0) is 0 Å². The van der Waals surface area contributed by atoms with Gasteiger partial charge in [0.1, 0.15) is 0 Å². The average molecular weight is 198 g/mol. The van der Waals surface area contributed by atoms with Gasteiger partial charge < -0.3 is 5.73 Å². The zero-order chi connectivity index (χ0) is 10.8. The van der Waals surface area contributed by atoms with Gasteiger partial charge in [-0.1, -0.05) is 27.7 Å². The minimum atomic E-state index is 0.449. The first kappa shape index (κ1) is 12.0. The van der Waals surface area contributed by atoms with E-state index >= 15 is 0 Å². The molecule has 0 aromatic carbocycles. The third kappa shape index (κ3) is 3.25. The van der Waals surface area contributed by atoms with Gasteiger partial charge in [-0.25, -0.2) is 0 Å². The van der Waals surface area contributed by atoms with E-state index in [1.807, 2.05) is 0 Å². The lowest BCUT2D eigenvalue weighted by Gasteiger charge is -2.28. The monoisotopic (exact) mass is 198 g/mol. The fourth-order valence-corrected chi connectivity index (χ4v) is 2.23. The van der Waals surface area contributed by atoms with Gasteiger partial charge in [0.2, 0.25) is 0 Å². The van der Waals surface area contributed by atoms with Gasteiger partial charge in [-0.3, -0.25) is 4.90 Å². The standard InChI is InChI=1S/C12H26N2/c1-10-5-7-14(11(10)9-13)8-6-12(2,3)4/h10-11H,5-9,13H2,1-4H3. The number of hydrogen-bond donors (Lipinski definition) is 1. The minimum Gasteiger partial charge on any atom is -0.329 e. The average Bonchev–Trinajstić information content (AvgIpc) is 2.41. The normalized spacial score (nSPS) is 29.8. The summed E-state index contributed by atoms with van der Waals surface area (Å²) in [4.78, 5) is 2.58. The molecule has 1 rings (SSSR count). The van der Waals surface area contributed by atoms with Crippen LogP contribution in [0.25, 0.3) is 0 Å². The van der Waals surface area contributed by atoms with Gasteiger partial charge in [0, 0.05) is 12.6 Å². The molecule has 0 aromatic heterocycles. The highest BCUT2D eigenvalue weighted by Crippen LogP contribution is 2.26. The first-order valence-electron chi connectivity index (χ1n) is 5.88. The fraction of sp³-hybridized carbons (Fsp3) is 1.00. The second kappa shape index (κ2) is 4.63. The number of hydrogen-bond acceptors (Lipinski definition) is 2. The summed E-state index contributed by atoms with van der Waals surface area (Å²) in [6.07, 6.45) is 2.60. The van der Waals surface area contributed by atoms with Crippen LogP contribution in [0.2, 0.25) is 0 Å². The van der Waals surface area contributed by atoms with Crippen molar-refractivity contribution in [2.24, 2.45) is 17.1 Å². The van der Waals surface area contributed by atoms with E-state index in [0.717, 1.165) is 12.5 Å². The smallest absolute Gasteiger partial charge is 0.0244 e. The fourth-order valence-electron chi connectivity index (χ4n) is 2.23. The Bertz CT molecular complexity index is 172. The van der Waals surface area contributed by atoms with E-state index in [1.165, 1.54) is 25.9 Å². The van der Waals surface area contributed by atoms with Crippen LogP contribution in [-0.4, -0.2) is 30.6 Å². The summed E-state index contributed by atoms with van der Waals surface area (Å²) in [5.41, 5.74) is 6.26. The summed E-state index contributed by atoms with van der Waals surface area (Å²) in [7, 11) is 0. The molecule has 0 saturated carbocycles. The maximum atomic E-state index is 5.81. The van der Waals surface area contributed by atoms with Gasteiger partial charge in [0.05, 0.1) is 0 Å². The zero-order valence-corrected chi connectivity index (χ0v) is 10.2. The number of rotatable bonds is 3. The van der Waals surface area contributed by atoms with Crippen LogP contribution in [0, 0.1) is 11.3 Å². The molecule has 2 nitrogen and oxygen atoms in total. The Labute approximate surface area is 88.8 Å². The van der Waals surface area contributed by atoms with Crippen molar-refractivity contribution in [1.82, 2.24) is 4.90 Å². The van der Waals surface area contributed by atoms with E-state index in [9.17, 15) is 0 Å². The SMILES string of the molecule is CC1CCN(CCC(C)(C)C)C1CN. The highest BCUT2D eigenvalue weighted by atomic mass is 15.2. The number of nitrogens with zero attached hydrogens (tertiary/aromatic N) is 1. The molecular weight excluding hydrogens is 172 g/mol. The topological polar surface area (TPSA) is 29.3 Å². The molecule has 1 heterocycles. The molecule has 1 fully saturated rings. The van der Waals surface area contributed by atoms with Crippen molar-refractivity contribution in [2.75, 3.05) is 19.6 Å². The molecule has 0 bridgehead atoms. The van der Waals surface area contributed by atoms with E-state index in [0.29, 0.717) is 11.5 Å². The van der Waals surface area contributed by atoms with Crippen molar-refractivity contribution in [3.8, 4) is 0 Å². The zero-order valence-electron chi connectivity index (χ0n) is 10.2. The van der Waals surface area contributed by atoms with Gasteiger partial charge in [0.25, 0.3) is 0 Å². The Hall–Kier alpha value is -0.0800. The quantitative estimate of drug-likeness (QED) is 0.752. The van der Waals surface area contributed by atoms with Crippen molar-refractivity contribution in [3.63, 3.8) is 0 Å². The van der Waals surface area contributed by atoms with Crippen molar-refractivity contribution in [2.45, 2.75) is 46.6 Å². The molecule has 84 valence electrons. The summed E-state index contributed by atoms with van der Waals surface area (Å²) < 4.78 is 0. The predicted molar refractivity (Wildman–Crippen MR) is 62.3 cm³/mol. The molecule has 2 heteroatoms. The maximum Gasteiger partial charge on any atom is 0.0244 e.